The quantitative estimate of drug-likeness (QED) is 0.473. The van der Waals surface area contributed by atoms with Gasteiger partial charge in [0.25, 0.3) is 0 Å². The summed E-state index contributed by atoms with van der Waals surface area (Å²) in [6.45, 7) is 10.7. The molecule has 154 valence electrons. The van der Waals surface area contributed by atoms with Gasteiger partial charge in [-0.05, 0) is 56.5 Å². The topological polar surface area (TPSA) is 72.1 Å². The summed E-state index contributed by atoms with van der Waals surface area (Å²) < 4.78 is 1.75. The van der Waals surface area contributed by atoms with Crippen molar-refractivity contribution in [3.63, 3.8) is 0 Å². The van der Waals surface area contributed by atoms with E-state index in [0.29, 0.717) is 11.5 Å². The molecule has 3 aromatic heterocycles. The molecule has 3 heterocycles. The van der Waals surface area contributed by atoms with Gasteiger partial charge >= 0.3 is 0 Å². The third-order valence-electron chi connectivity index (χ3n) is 5.40. The fourth-order valence-electron chi connectivity index (χ4n) is 3.64. The number of hydrogen-bond acceptors (Lipinski definition) is 6. The minimum Gasteiger partial charge on any atom is -0.372 e. The summed E-state index contributed by atoms with van der Waals surface area (Å²) in [5, 5.41) is 14.3. The van der Waals surface area contributed by atoms with Gasteiger partial charge in [-0.2, -0.15) is 9.61 Å². The van der Waals surface area contributed by atoms with Crippen LogP contribution in [-0.2, 0) is 0 Å². The molecule has 0 spiro atoms. The molecule has 0 atom stereocenters. The number of benzene rings is 1. The van der Waals surface area contributed by atoms with Crippen molar-refractivity contribution < 1.29 is 0 Å². The van der Waals surface area contributed by atoms with Gasteiger partial charge in [-0.3, -0.25) is 4.98 Å². The first kappa shape index (κ1) is 19.9. The monoisotopic (exact) mass is 401 g/mol. The number of aryl methyl sites for hydroxylation is 2. The molecule has 30 heavy (non-hydrogen) atoms. The molecule has 4 aromatic rings. The third-order valence-corrected chi connectivity index (χ3v) is 5.40. The Morgan fingerprint density at radius 2 is 1.97 bits per heavy atom. The molecular formula is C23H27N7. The molecule has 7 heteroatoms. The zero-order valence-electron chi connectivity index (χ0n) is 18.0. The Hall–Kier alpha value is -3.35. The molecule has 0 saturated carbocycles. The number of anilines is 1. The van der Waals surface area contributed by atoms with E-state index >= 15 is 0 Å². The van der Waals surface area contributed by atoms with Crippen LogP contribution in [0.4, 0.5) is 5.69 Å². The highest BCUT2D eigenvalue weighted by molar-refractivity contribution is 5.65. The molecule has 7 nitrogen and oxygen atoms in total. The van der Waals surface area contributed by atoms with Gasteiger partial charge in [0, 0.05) is 36.4 Å². The Balaban J connectivity index is 1.73. The number of unbranched alkanes of at least 4 members (excludes halogenated alkanes) is 1. The summed E-state index contributed by atoms with van der Waals surface area (Å²) in [4.78, 5) is 10.9. The maximum Gasteiger partial charge on any atom is 0.205 e. The highest BCUT2D eigenvalue weighted by Crippen LogP contribution is 2.21. The van der Waals surface area contributed by atoms with Gasteiger partial charge in [-0.25, -0.2) is 4.98 Å². The molecule has 1 aromatic carbocycles. The van der Waals surface area contributed by atoms with Crippen LogP contribution in [0.5, 0.6) is 0 Å². The second-order valence-electron chi connectivity index (χ2n) is 7.47. The highest BCUT2D eigenvalue weighted by atomic mass is 15.4. The Bertz CT molecular complexity index is 1200. The highest BCUT2D eigenvalue weighted by Gasteiger charge is 2.15. The Morgan fingerprint density at radius 3 is 2.67 bits per heavy atom. The molecule has 4 rings (SSSR count). The largest absolute Gasteiger partial charge is 0.372 e. The van der Waals surface area contributed by atoms with Crippen LogP contribution < -0.4 is 10.1 Å². The van der Waals surface area contributed by atoms with E-state index in [9.17, 15) is 0 Å². The molecule has 0 amide bonds. The number of fused-ring (bicyclic) bond motifs is 1. The summed E-state index contributed by atoms with van der Waals surface area (Å²) >= 11 is 0. The van der Waals surface area contributed by atoms with Crippen LogP contribution in [0.1, 0.15) is 43.5 Å². The normalized spacial score (nSPS) is 12.1. The first-order valence-corrected chi connectivity index (χ1v) is 10.5. The Morgan fingerprint density at radius 1 is 1.10 bits per heavy atom. The fourth-order valence-corrected chi connectivity index (χ4v) is 3.64. The smallest absolute Gasteiger partial charge is 0.205 e. The van der Waals surface area contributed by atoms with E-state index in [4.69, 9.17) is 0 Å². The van der Waals surface area contributed by atoms with Crippen molar-refractivity contribution in [3.05, 3.63) is 58.8 Å². The molecule has 0 saturated heterocycles. The van der Waals surface area contributed by atoms with Gasteiger partial charge in [0.1, 0.15) is 5.69 Å². The summed E-state index contributed by atoms with van der Waals surface area (Å²) in [5.41, 5.74) is 5.96. The minimum atomic E-state index is 0.599. The number of hydrogen-bond donors (Lipinski definition) is 0. The summed E-state index contributed by atoms with van der Waals surface area (Å²) in [7, 11) is 0. The molecule has 0 bridgehead atoms. The van der Waals surface area contributed by atoms with Crippen LogP contribution in [0.25, 0.3) is 23.2 Å². The van der Waals surface area contributed by atoms with Gasteiger partial charge in [0.15, 0.2) is 5.65 Å². The van der Waals surface area contributed by atoms with Gasteiger partial charge in [-0.1, -0.05) is 19.4 Å². The molecule has 0 fully saturated rings. The van der Waals surface area contributed by atoms with Crippen molar-refractivity contribution in [1.29, 1.82) is 0 Å². The molecule has 0 aliphatic heterocycles. The van der Waals surface area contributed by atoms with Crippen molar-refractivity contribution in [3.8, 4) is 11.5 Å². The molecule has 0 N–H and O–H groups in total. The van der Waals surface area contributed by atoms with Crippen molar-refractivity contribution in [2.75, 3.05) is 18.0 Å². The predicted octanol–water partition coefficient (Wildman–Crippen LogP) is 3.37. The van der Waals surface area contributed by atoms with Gasteiger partial charge < -0.3 is 4.90 Å². The lowest BCUT2D eigenvalue weighted by molar-refractivity contribution is 0.732. The lowest BCUT2D eigenvalue weighted by Gasteiger charge is -2.23. The van der Waals surface area contributed by atoms with Crippen LogP contribution >= 0.6 is 0 Å². The van der Waals surface area contributed by atoms with Crippen molar-refractivity contribution in [2.24, 2.45) is 0 Å². The first-order valence-electron chi connectivity index (χ1n) is 10.5. The van der Waals surface area contributed by atoms with E-state index < -0.39 is 0 Å². The van der Waals surface area contributed by atoms with Crippen molar-refractivity contribution in [2.45, 2.75) is 40.5 Å². The van der Waals surface area contributed by atoms with Crippen molar-refractivity contribution in [1.82, 2.24) is 29.8 Å². The van der Waals surface area contributed by atoms with Gasteiger partial charge in [0.05, 0.1) is 11.9 Å². The zero-order chi connectivity index (χ0) is 21.1. The Kier molecular flexibility index (Phi) is 5.70. The second kappa shape index (κ2) is 8.57. The summed E-state index contributed by atoms with van der Waals surface area (Å²) in [6, 6.07) is 6.65. The van der Waals surface area contributed by atoms with Crippen LogP contribution in [0, 0.1) is 13.8 Å². The third kappa shape index (κ3) is 3.75. The SMILES string of the molecule is CCCCN(CC)c1ccc(C=c2c(C)nn3c(-c4cnccn4)nnc23)c(C)c1. The van der Waals surface area contributed by atoms with Gasteiger partial charge in [-0.15, -0.1) is 10.2 Å². The maximum atomic E-state index is 4.65. The lowest BCUT2D eigenvalue weighted by Crippen LogP contribution is -2.23. The summed E-state index contributed by atoms with van der Waals surface area (Å²) in [6.07, 6.45) is 9.51. The molecule has 0 radical (unpaired) electrons. The lowest BCUT2D eigenvalue weighted by atomic mass is 10.1. The van der Waals surface area contributed by atoms with Crippen LogP contribution in [0.15, 0.2) is 36.8 Å². The Labute approximate surface area is 176 Å². The number of nitrogens with zero attached hydrogens (tertiary/aromatic N) is 7. The van der Waals surface area contributed by atoms with Gasteiger partial charge in [0.2, 0.25) is 5.82 Å². The van der Waals surface area contributed by atoms with E-state index in [0.717, 1.165) is 35.2 Å². The van der Waals surface area contributed by atoms with E-state index in [1.807, 2.05) is 6.92 Å². The minimum absolute atomic E-state index is 0.599. The van der Waals surface area contributed by atoms with Crippen LogP contribution in [-0.4, -0.2) is 42.9 Å². The fraction of sp³-hybridized carbons (Fsp3) is 0.348. The second-order valence-corrected chi connectivity index (χ2v) is 7.47. The molecule has 0 aliphatic carbocycles. The first-order chi connectivity index (χ1) is 14.6. The predicted molar refractivity (Wildman–Crippen MR) is 119 cm³/mol. The average molecular weight is 402 g/mol. The molecule has 0 aliphatic rings. The van der Waals surface area contributed by atoms with Crippen molar-refractivity contribution >= 4 is 17.4 Å². The average Bonchev–Trinajstić information content (AvgIpc) is 3.30. The molecule has 0 unspecified atom stereocenters. The van der Waals surface area contributed by atoms with Crippen LogP contribution in [0.3, 0.4) is 0 Å². The molecular weight excluding hydrogens is 374 g/mol. The van der Waals surface area contributed by atoms with E-state index in [-0.39, 0.29) is 0 Å². The van der Waals surface area contributed by atoms with E-state index in [1.54, 1.807) is 23.1 Å². The maximum absolute atomic E-state index is 4.65. The van der Waals surface area contributed by atoms with Crippen LogP contribution in [0.2, 0.25) is 0 Å². The standard InChI is InChI=1S/C23H27N7/c1-5-7-12-29(6-2)19-9-8-18(16(3)13-19)14-20-17(4)28-30-22(20)26-27-23(30)21-15-24-10-11-25-21/h8-11,13-15H,5-7,12H2,1-4H3. The summed E-state index contributed by atoms with van der Waals surface area (Å²) in [5.74, 6) is 0.599. The zero-order valence-corrected chi connectivity index (χ0v) is 18.0. The van der Waals surface area contributed by atoms with E-state index in [1.165, 1.54) is 24.1 Å². The number of rotatable bonds is 7. The number of aromatic nitrogens is 6. The van der Waals surface area contributed by atoms with E-state index in [2.05, 4.69) is 75.2 Å².